The van der Waals surface area contributed by atoms with E-state index in [9.17, 15) is 8.42 Å². The Balaban J connectivity index is 2.32. The lowest BCUT2D eigenvalue weighted by molar-refractivity contribution is 0.204. The molecule has 19 heavy (non-hydrogen) atoms. The molecule has 0 aliphatic heterocycles. The number of rotatable bonds is 5. The first kappa shape index (κ1) is 14.2. The van der Waals surface area contributed by atoms with Crippen LogP contribution in [-0.4, -0.2) is 33.7 Å². The van der Waals surface area contributed by atoms with Crippen LogP contribution in [0.1, 0.15) is 0 Å². The van der Waals surface area contributed by atoms with Crippen LogP contribution in [0.5, 0.6) is 0 Å². The zero-order chi connectivity index (χ0) is 13.9. The number of halogens is 1. The molecule has 2 rings (SSSR count). The quantitative estimate of drug-likeness (QED) is 0.675. The van der Waals surface area contributed by atoms with E-state index < -0.39 is 10.0 Å². The number of methoxy groups -OCH3 is 1. The Morgan fingerprint density at radius 3 is 2.84 bits per heavy atom. The maximum absolute atomic E-state index is 12.0. The van der Waals surface area contributed by atoms with Crippen molar-refractivity contribution in [1.29, 1.82) is 0 Å². The molecule has 0 amide bonds. The average Bonchev–Trinajstić information content (AvgIpc) is 2.38. The van der Waals surface area contributed by atoms with E-state index in [0.29, 0.717) is 17.3 Å². The van der Waals surface area contributed by atoms with Crippen molar-refractivity contribution < 1.29 is 13.2 Å². The molecule has 0 atom stereocenters. The van der Waals surface area contributed by atoms with Gasteiger partial charge in [-0.05, 0) is 30.3 Å². The molecule has 0 unspecified atom stereocenters. The monoisotopic (exact) mass is 300 g/mol. The van der Waals surface area contributed by atoms with Gasteiger partial charge in [-0.15, -0.1) is 0 Å². The summed E-state index contributed by atoms with van der Waals surface area (Å²) in [5, 5.41) is 1.10. The number of aromatic nitrogens is 1. The molecule has 0 spiro atoms. The Bertz CT molecular complexity index is 688. The van der Waals surface area contributed by atoms with Crippen LogP contribution in [0.2, 0.25) is 5.15 Å². The van der Waals surface area contributed by atoms with Crippen molar-refractivity contribution in [3.8, 4) is 0 Å². The predicted molar refractivity (Wildman–Crippen MR) is 73.8 cm³/mol. The Hall–Kier alpha value is -1.21. The SMILES string of the molecule is COCCNS(=O)(=O)c1ccc2nc(Cl)ccc2c1. The van der Waals surface area contributed by atoms with Crippen molar-refractivity contribution in [3.05, 3.63) is 35.5 Å². The first-order valence-electron chi connectivity index (χ1n) is 5.58. The van der Waals surface area contributed by atoms with Gasteiger partial charge in [-0.3, -0.25) is 0 Å². The van der Waals surface area contributed by atoms with E-state index in [1.54, 1.807) is 24.3 Å². The number of ether oxygens (including phenoxy) is 1. The van der Waals surface area contributed by atoms with Crippen LogP contribution >= 0.6 is 11.6 Å². The highest BCUT2D eigenvalue weighted by Crippen LogP contribution is 2.19. The van der Waals surface area contributed by atoms with Gasteiger partial charge >= 0.3 is 0 Å². The van der Waals surface area contributed by atoms with E-state index in [0.717, 1.165) is 5.39 Å². The summed E-state index contributed by atoms with van der Waals surface area (Å²) in [6.45, 7) is 0.555. The number of benzene rings is 1. The Labute approximate surface area is 116 Å². The maximum atomic E-state index is 12.0. The first-order valence-corrected chi connectivity index (χ1v) is 7.44. The van der Waals surface area contributed by atoms with E-state index in [1.165, 1.54) is 13.2 Å². The molecule has 0 bridgehead atoms. The van der Waals surface area contributed by atoms with E-state index in [1.807, 2.05) is 0 Å². The third kappa shape index (κ3) is 3.42. The smallest absolute Gasteiger partial charge is 0.240 e. The topological polar surface area (TPSA) is 68.3 Å². The summed E-state index contributed by atoms with van der Waals surface area (Å²) in [5.74, 6) is 0. The fourth-order valence-corrected chi connectivity index (χ4v) is 2.81. The third-order valence-corrected chi connectivity index (χ3v) is 4.20. The zero-order valence-electron chi connectivity index (χ0n) is 10.3. The van der Waals surface area contributed by atoms with Gasteiger partial charge < -0.3 is 4.74 Å². The summed E-state index contributed by atoms with van der Waals surface area (Å²) in [7, 11) is -2.01. The number of hydrogen-bond acceptors (Lipinski definition) is 4. The molecule has 1 heterocycles. The van der Waals surface area contributed by atoms with Gasteiger partial charge in [0.25, 0.3) is 0 Å². The second-order valence-electron chi connectivity index (χ2n) is 3.88. The van der Waals surface area contributed by atoms with Crippen LogP contribution in [0.4, 0.5) is 0 Å². The summed E-state index contributed by atoms with van der Waals surface area (Å²) in [4.78, 5) is 4.30. The number of nitrogens with zero attached hydrogens (tertiary/aromatic N) is 1. The maximum Gasteiger partial charge on any atom is 0.240 e. The molecule has 0 radical (unpaired) electrons. The fraction of sp³-hybridized carbons (Fsp3) is 0.250. The molecule has 102 valence electrons. The van der Waals surface area contributed by atoms with Crippen molar-refractivity contribution in [3.63, 3.8) is 0 Å². The van der Waals surface area contributed by atoms with Gasteiger partial charge in [0, 0.05) is 19.0 Å². The minimum Gasteiger partial charge on any atom is -0.383 e. The van der Waals surface area contributed by atoms with E-state index in [4.69, 9.17) is 16.3 Å². The molecule has 0 aliphatic rings. The van der Waals surface area contributed by atoms with Crippen LogP contribution in [0.15, 0.2) is 35.2 Å². The Morgan fingerprint density at radius 1 is 1.32 bits per heavy atom. The number of pyridine rings is 1. The van der Waals surface area contributed by atoms with Crippen LogP contribution in [0, 0.1) is 0 Å². The molecule has 5 nitrogen and oxygen atoms in total. The van der Waals surface area contributed by atoms with Gasteiger partial charge in [0.2, 0.25) is 10.0 Å². The van der Waals surface area contributed by atoms with E-state index >= 15 is 0 Å². The second-order valence-corrected chi connectivity index (χ2v) is 6.03. The minimum atomic E-state index is -3.52. The number of hydrogen-bond donors (Lipinski definition) is 1. The molecule has 1 N–H and O–H groups in total. The molecular formula is C12H13ClN2O3S. The normalized spacial score (nSPS) is 11.9. The van der Waals surface area contributed by atoms with Crippen molar-refractivity contribution in [1.82, 2.24) is 9.71 Å². The molecule has 0 fully saturated rings. The van der Waals surface area contributed by atoms with E-state index in [2.05, 4.69) is 9.71 Å². The third-order valence-electron chi connectivity index (χ3n) is 2.54. The zero-order valence-corrected chi connectivity index (χ0v) is 11.8. The standard InChI is InChI=1S/C12H13ClN2O3S/c1-18-7-6-14-19(16,17)10-3-4-11-9(8-10)2-5-12(13)15-11/h2-5,8,14H,6-7H2,1H3. The predicted octanol–water partition coefficient (Wildman–Crippen LogP) is 1.81. The van der Waals surface area contributed by atoms with Crippen LogP contribution in [-0.2, 0) is 14.8 Å². The Morgan fingerprint density at radius 2 is 2.11 bits per heavy atom. The largest absolute Gasteiger partial charge is 0.383 e. The summed E-state index contributed by atoms with van der Waals surface area (Å²) in [6, 6.07) is 8.05. The summed E-state index contributed by atoms with van der Waals surface area (Å²) < 4.78 is 31.3. The summed E-state index contributed by atoms with van der Waals surface area (Å²) in [6.07, 6.45) is 0. The van der Waals surface area contributed by atoms with Crippen molar-refractivity contribution in [2.24, 2.45) is 0 Å². The number of sulfonamides is 1. The van der Waals surface area contributed by atoms with Crippen LogP contribution < -0.4 is 4.72 Å². The van der Waals surface area contributed by atoms with Gasteiger partial charge in [-0.2, -0.15) is 0 Å². The molecular weight excluding hydrogens is 288 g/mol. The average molecular weight is 301 g/mol. The second kappa shape index (κ2) is 5.83. The van der Waals surface area contributed by atoms with Gasteiger partial charge in [0.15, 0.2) is 0 Å². The van der Waals surface area contributed by atoms with Gasteiger partial charge in [0.05, 0.1) is 17.0 Å². The van der Waals surface area contributed by atoms with Crippen LogP contribution in [0.25, 0.3) is 10.9 Å². The molecule has 1 aromatic carbocycles. The molecule has 2 aromatic rings. The van der Waals surface area contributed by atoms with E-state index in [-0.39, 0.29) is 11.4 Å². The van der Waals surface area contributed by atoms with Crippen molar-refractivity contribution in [2.75, 3.05) is 20.3 Å². The Kier molecular flexibility index (Phi) is 4.36. The van der Waals surface area contributed by atoms with Gasteiger partial charge in [-0.1, -0.05) is 11.6 Å². The molecule has 1 aromatic heterocycles. The minimum absolute atomic E-state index is 0.195. The lowest BCUT2D eigenvalue weighted by Crippen LogP contribution is -2.27. The van der Waals surface area contributed by atoms with Gasteiger partial charge in [0.1, 0.15) is 5.15 Å². The fourth-order valence-electron chi connectivity index (χ4n) is 1.61. The highest BCUT2D eigenvalue weighted by molar-refractivity contribution is 7.89. The lowest BCUT2D eigenvalue weighted by Gasteiger charge is -2.07. The molecule has 0 saturated heterocycles. The highest BCUT2D eigenvalue weighted by atomic mass is 35.5. The molecule has 0 aliphatic carbocycles. The number of fused-ring (bicyclic) bond motifs is 1. The van der Waals surface area contributed by atoms with Gasteiger partial charge in [-0.25, -0.2) is 18.1 Å². The molecule has 7 heteroatoms. The molecule has 0 saturated carbocycles. The summed E-state index contributed by atoms with van der Waals surface area (Å²) >= 11 is 5.78. The lowest BCUT2D eigenvalue weighted by atomic mass is 10.2. The van der Waals surface area contributed by atoms with Crippen molar-refractivity contribution >= 4 is 32.5 Å². The number of nitrogens with one attached hydrogen (secondary N) is 1. The summed E-state index contributed by atoms with van der Waals surface area (Å²) in [5.41, 5.74) is 0.656. The van der Waals surface area contributed by atoms with Crippen molar-refractivity contribution in [2.45, 2.75) is 4.90 Å². The van der Waals surface area contributed by atoms with Crippen LogP contribution in [0.3, 0.4) is 0 Å². The first-order chi connectivity index (χ1) is 9.03. The highest BCUT2D eigenvalue weighted by Gasteiger charge is 2.13.